The van der Waals surface area contributed by atoms with Gasteiger partial charge < -0.3 is 10.2 Å². The number of hydrogen-bond donors (Lipinski definition) is 2. The summed E-state index contributed by atoms with van der Waals surface area (Å²) >= 11 is 0. The largest absolute Gasteiger partial charge is 0.331 e. The quantitative estimate of drug-likeness (QED) is 0.833. The van der Waals surface area contributed by atoms with Gasteiger partial charge in [-0.15, -0.1) is 0 Å². The fourth-order valence-corrected chi connectivity index (χ4v) is 4.98. The third-order valence-electron chi connectivity index (χ3n) is 5.27. The summed E-state index contributed by atoms with van der Waals surface area (Å²) < 4.78 is 27.3. The van der Waals surface area contributed by atoms with Crippen LogP contribution < -0.4 is 10.0 Å². The van der Waals surface area contributed by atoms with Crippen LogP contribution >= 0.6 is 0 Å². The van der Waals surface area contributed by atoms with Gasteiger partial charge in [0.1, 0.15) is 0 Å². The lowest BCUT2D eigenvalue weighted by molar-refractivity contribution is 0.0680. The van der Waals surface area contributed by atoms with Crippen LogP contribution in [0.25, 0.3) is 0 Å². The van der Waals surface area contributed by atoms with Crippen LogP contribution in [0.15, 0.2) is 29.2 Å². The van der Waals surface area contributed by atoms with E-state index in [2.05, 4.69) is 10.0 Å². The van der Waals surface area contributed by atoms with Gasteiger partial charge in [-0.25, -0.2) is 13.1 Å². The molecule has 2 aliphatic rings. The number of sulfonamides is 1. The normalized spacial score (nSPS) is 24.8. The summed E-state index contributed by atoms with van der Waals surface area (Å²) in [5.74, 6) is 0.00929. The number of benzene rings is 1. The van der Waals surface area contributed by atoms with E-state index in [4.69, 9.17) is 0 Å². The molecule has 7 heteroatoms. The molecule has 6 nitrogen and oxygen atoms in total. The van der Waals surface area contributed by atoms with E-state index < -0.39 is 10.0 Å². The molecule has 3 atom stereocenters. The van der Waals surface area contributed by atoms with E-state index in [1.54, 1.807) is 12.1 Å². The summed E-state index contributed by atoms with van der Waals surface area (Å²) in [5.41, 5.74) is 0.557. The van der Waals surface area contributed by atoms with E-state index in [-0.39, 0.29) is 22.9 Å². The Morgan fingerprint density at radius 2 is 1.92 bits per heavy atom. The maximum atomic E-state index is 12.9. The summed E-state index contributed by atoms with van der Waals surface area (Å²) in [6.07, 6.45) is 3.80. The summed E-state index contributed by atoms with van der Waals surface area (Å²) in [7, 11) is -3.54. The van der Waals surface area contributed by atoms with Gasteiger partial charge in [0.05, 0.1) is 4.90 Å². The van der Waals surface area contributed by atoms with Crippen molar-refractivity contribution in [2.75, 3.05) is 13.1 Å². The van der Waals surface area contributed by atoms with Gasteiger partial charge in [-0.2, -0.15) is 0 Å². The SMILES string of the molecule is CCC(C)NS(=O)(=O)c1ccc(C(=O)N2C3CCNCC2CC3)cc1. The standard InChI is InChI=1S/C18H27N3O3S/c1-3-13(2)20-25(23,24)17-8-4-14(5-9-17)18(22)21-15-6-7-16(21)12-19-11-10-15/h4-5,8-9,13,15-16,19-20H,3,6-7,10-12H2,1-2H3. The van der Waals surface area contributed by atoms with Crippen LogP contribution in [0.1, 0.15) is 49.9 Å². The first kappa shape index (κ1) is 18.4. The summed E-state index contributed by atoms with van der Waals surface area (Å²) in [6.45, 7) is 5.55. The van der Waals surface area contributed by atoms with Gasteiger partial charge in [-0.1, -0.05) is 6.92 Å². The van der Waals surface area contributed by atoms with Crippen molar-refractivity contribution in [1.29, 1.82) is 0 Å². The fourth-order valence-electron chi connectivity index (χ4n) is 3.66. The van der Waals surface area contributed by atoms with Crippen molar-refractivity contribution in [2.24, 2.45) is 0 Å². The zero-order chi connectivity index (χ0) is 18.0. The first-order valence-electron chi connectivity index (χ1n) is 9.08. The monoisotopic (exact) mass is 365 g/mol. The maximum Gasteiger partial charge on any atom is 0.254 e. The Labute approximate surface area is 150 Å². The van der Waals surface area contributed by atoms with Crippen molar-refractivity contribution in [1.82, 2.24) is 14.9 Å². The van der Waals surface area contributed by atoms with Gasteiger partial charge in [-0.3, -0.25) is 4.79 Å². The van der Waals surface area contributed by atoms with Crippen LogP contribution in [0.4, 0.5) is 0 Å². The Morgan fingerprint density at radius 3 is 2.60 bits per heavy atom. The van der Waals surface area contributed by atoms with Crippen molar-refractivity contribution < 1.29 is 13.2 Å². The molecule has 2 N–H and O–H groups in total. The van der Waals surface area contributed by atoms with Gasteiger partial charge in [0.15, 0.2) is 0 Å². The molecule has 0 spiro atoms. The molecule has 2 bridgehead atoms. The molecule has 0 radical (unpaired) electrons. The van der Waals surface area contributed by atoms with Crippen LogP contribution in [0.5, 0.6) is 0 Å². The number of amides is 1. The van der Waals surface area contributed by atoms with Crippen molar-refractivity contribution in [3.05, 3.63) is 29.8 Å². The Kier molecular flexibility index (Phi) is 5.46. The molecule has 1 aromatic carbocycles. The van der Waals surface area contributed by atoms with E-state index >= 15 is 0 Å². The average molecular weight is 365 g/mol. The van der Waals surface area contributed by atoms with E-state index in [0.29, 0.717) is 11.6 Å². The number of hydrogen-bond acceptors (Lipinski definition) is 4. The van der Waals surface area contributed by atoms with Crippen LogP contribution in [0.2, 0.25) is 0 Å². The minimum absolute atomic E-state index is 0.00929. The smallest absolute Gasteiger partial charge is 0.254 e. The molecule has 3 unspecified atom stereocenters. The predicted molar refractivity (Wildman–Crippen MR) is 97.0 cm³/mol. The number of nitrogens with one attached hydrogen (secondary N) is 2. The highest BCUT2D eigenvalue weighted by molar-refractivity contribution is 7.89. The molecular weight excluding hydrogens is 338 g/mol. The number of fused-ring (bicyclic) bond motifs is 2. The van der Waals surface area contributed by atoms with E-state index in [9.17, 15) is 13.2 Å². The highest BCUT2D eigenvalue weighted by Crippen LogP contribution is 2.29. The van der Waals surface area contributed by atoms with E-state index in [1.807, 2.05) is 18.7 Å². The lowest BCUT2D eigenvalue weighted by Crippen LogP contribution is -2.42. The maximum absolute atomic E-state index is 12.9. The van der Waals surface area contributed by atoms with Crippen molar-refractivity contribution in [3.8, 4) is 0 Å². The summed E-state index contributed by atoms with van der Waals surface area (Å²) in [4.78, 5) is 15.1. The molecule has 138 valence electrons. The Morgan fingerprint density at radius 1 is 1.24 bits per heavy atom. The Bertz CT molecular complexity index is 704. The second-order valence-corrected chi connectivity index (χ2v) is 8.76. The van der Waals surface area contributed by atoms with Crippen LogP contribution in [0, 0.1) is 0 Å². The average Bonchev–Trinajstić information content (AvgIpc) is 2.86. The first-order valence-corrected chi connectivity index (χ1v) is 10.6. The highest BCUT2D eigenvalue weighted by atomic mass is 32.2. The third-order valence-corrected chi connectivity index (χ3v) is 6.87. The minimum Gasteiger partial charge on any atom is -0.331 e. The molecule has 0 saturated carbocycles. The highest BCUT2D eigenvalue weighted by Gasteiger charge is 2.38. The number of carbonyl (C=O) groups is 1. The molecule has 25 heavy (non-hydrogen) atoms. The summed E-state index contributed by atoms with van der Waals surface area (Å²) in [6, 6.07) is 6.73. The molecular formula is C18H27N3O3S. The Balaban J connectivity index is 1.77. The first-order chi connectivity index (χ1) is 11.9. The van der Waals surface area contributed by atoms with Crippen molar-refractivity contribution >= 4 is 15.9 Å². The van der Waals surface area contributed by atoms with E-state index in [0.717, 1.165) is 38.8 Å². The second-order valence-electron chi connectivity index (χ2n) is 7.05. The Hall–Kier alpha value is -1.44. The third kappa shape index (κ3) is 3.88. The fraction of sp³-hybridized carbons (Fsp3) is 0.611. The molecule has 2 fully saturated rings. The van der Waals surface area contributed by atoms with Gasteiger partial charge >= 0.3 is 0 Å². The molecule has 2 saturated heterocycles. The molecule has 0 aliphatic carbocycles. The van der Waals surface area contributed by atoms with Gasteiger partial charge in [0, 0.05) is 30.2 Å². The zero-order valence-electron chi connectivity index (χ0n) is 14.9. The van der Waals surface area contributed by atoms with Gasteiger partial charge in [0.2, 0.25) is 10.0 Å². The van der Waals surface area contributed by atoms with E-state index in [1.165, 1.54) is 12.1 Å². The lowest BCUT2D eigenvalue weighted by atomic mass is 10.1. The van der Waals surface area contributed by atoms with Crippen molar-refractivity contribution in [3.63, 3.8) is 0 Å². The van der Waals surface area contributed by atoms with Crippen molar-refractivity contribution in [2.45, 2.75) is 62.6 Å². The molecule has 0 aromatic heterocycles. The number of nitrogens with zero attached hydrogens (tertiary/aromatic N) is 1. The van der Waals surface area contributed by atoms with Crippen LogP contribution in [0.3, 0.4) is 0 Å². The predicted octanol–water partition coefficient (Wildman–Crippen LogP) is 1.73. The lowest BCUT2D eigenvalue weighted by Gasteiger charge is -2.28. The summed E-state index contributed by atoms with van der Waals surface area (Å²) in [5, 5.41) is 3.39. The minimum atomic E-state index is -3.54. The molecule has 1 amide bonds. The molecule has 3 rings (SSSR count). The van der Waals surface area contributed by atoms with Crippen LogP contribution in [-0.4, -0.2) is 50.4 Å². The number of carbonyl (C=O) groups excluding carboxylic acids is 1. The molecule has 2 aliphatic heterocycles. The van der Waals surface area contributed by atoms with Gasteiger partial charge in [0.25, 0.3) is 5.91 Å². The topological polar surface area (TPSA) is 78.5 Å². The second kappa shape index (κ2) is 7.43. The van der Waals surface area contributed by atoms with Gasteiger partial charge in [-0.05, 0) is 63.4 Å². The molecule has 1 aromatic rings. The zero-order valence-corrected chi connectivity index (χ0v) is 15.7. The molecule has 2 heterocycles. The van der Waals surface area contributed by atoms with Crippen LogP contribution in [-0.2, 0) is 10.0 Å². The number of rotatable bonds is 5.